The van der Waals surface area contributed by atoms with Gasteiger partial charge in [0.25, 0.3) is 5.69 Å². The molecule has 0 aromatic heterocycles. The number of fused-ring (bicyclic) bond motifs is 1. The Labute approximate surface area is 126 Å². The summed E-state index contributed by atoms with van der Waals surface area (Å²) in [4.78, 5) is 10.2. The number of amidine groups is 1. The molecule has 3 rings (SSSR count). The van der Waals surface area contributed by atoms with E-state index in [2.05, 4.69) is 11.4 Å². The number of hydrogen-bond acceptors (Lipinski definition) is 4. The van der Waals surface area contributed by atoms with Crippen LogP contribution in [0.3, 0.4) is 0 Å². The standard InChI is InChI=1S/C16H10N4O2/c17-9-14(10-5-7-11(8-6-10)20(21)22)15-12-3-1-2-4-13(12)16(18)19-15/h1-8H,(H2,18,19)/b15-14+. The Hall–Kier alpha value is -3.46. The molecule has 0 fully saturated rings. The fourth-order valence-electron chi connectivity index (χ4n) is 2.39. The van der Waals surface area contributed by atoms with Crippen molar-refractivity contribution in [2.75, 3.05) is 0 Å². The monoisotopic (exact) mass is 290 g/mol. The van der Waals surface area contributed by atoms with Crippen molar-refractivity contribution in [3.05, 3.63) is 75.3 Å². The third-order valence-electron chi connectivity index (χ3n) is 3.44. The summed E-state index contributed by atoms with van der Waals surface area (Å²) in [5.41, 5.74) is 2.95. The van der Waals surface area contributed by atoms with Gasteiger partial charge in [-0.15, -0.1) is 0 Å². The number of nitrogens with one attached hydrogen (secondary N) is 2. The highest BCUT2D eigenvalue weighted by Gasteiger charge is 2.24. The number of hydrogen-bond donors (Lipinski definition) is 2. The summed E-state index contributed by atoms with van der Waals surface area (Å²) in [6.45, 7) is 0. The molecule has 1 aliphatic heterocycles. The van der Waals surface area contributed by atoms with Crippen LogP contribution < -0.4 is 5.32 Å². The lowest BCUT2D eigenvalue weighted by atomic mass is 10.00. The molecule has 0 atom stereocenters. The molecule has 2 aromatic carbocycles. The van der Waals surface area contributed by atoms with Gasteiger partial charge < -0.3 is 5.32 Å². The number of allylic oxidation sites excluding steroid dienone is 1. The van der Waals surface area contributed by atoms with E-state index < -0.39 is 4.92 Å². The summed E-state index contributed by atoms with van der Waals surface area (Å²) in [6, 6.07) is 15.2. The fourth-order valence-corrected chi connectivity index (χ4v) is 2.39. The lowest BCUT2D eigenvalue weighted by molar-refractivity contribution is -0.384. The highest BCUT2D eigenvalue weighted by Crippen LogP contribution is 2.31. The molecule has 0 unspecified atom stereocenters. The molecule has 106 valence electrons. The van der Waals surface area contributed by atoms with Crippen molar-refractivity contribution in [3.8, 4) is 6.07 Å². The summed E-state index contributed by atoms with van der Waals surface area (Å²) >= 11 is 0. The van der Waals surface area contributed by atoms with Crippen LogP contribution in [0.1, 0.15) is 16.7 Å². The number of nitro benzene ring substituents is 1. The Morgan fingerprint density at radius 1 is 1.14 bits per heavy atom. The molecule has 22 heavy (non-hydrogen) atoms. The van der Waals surface area contributed by atoms with Gasteiger partial charge in [-0.05, 0) is 17.7 Å². The molecule has 0 saturated heterocycles. The Balaban J connectivity index is 2.14. The highest BCUT2D eigenvalue weighted by atomic mass is 16.6. The van der Waals surface area contributed by atoms with E-state index in [1.165, 1.54) is 24.3 Å². The molecule has 2 N–H and O–H groups in total. The van der Waals surface area contributed by atoms with Gasteiger partial charge in [-0.25, -0.2) is 0 Å². The van der Waals surface area contributed by atoms with Gasteiger partial charge in [0.1, 0.15) is 11.9 Å². The van der Waals surface area contributed by atoms with Gasteiger partial charge in [-0.1, -0.05) is 24.3 Å². The van der Waals surface area contributed by atoms with Gasteiger partial charge in [0.15, 0.2) is 0 Å². The summed E-state index contributed by atoms with van der Waals surface area (Å²) < 4.78 is 0. The summed E-state index contributed by atoms with van der Waals surface area (Å²) in [6.07, 6.45) is 0. The van der Waals surface area contributed by atoms with Crippen LogP contribution in [0.25, 0.3) is 11.3 Å². The van der Waals surface area contributed by atoms with Crippen LogP contribution in [0.15, 0.2) is 48.5 Å². The lowest BCUT2D eigenvalue weighted by Gasteiger charge is -2.05. The first-order chi connectivity index (χ1) is 10.6. The predicted molar refractivity (Wildman–Crippen MR) is 81.9 cm³/mol. The molecule has 2 aromatic rings. The zero-order valence-electron chi connectivity index (χ0n) is 11.3. The zero-order valence-corrected chi connectivity index (χ0v) is 11.3. The molecule has 6 heteroatoms. The fraction of sp³-hybridized carbons (Fsp3) is 0. The van der Waals surface area contributed by atoms with Gasteiger partial charge in [0, 0.05) is 23.3 Å². The van der Waals surface area contributed by atoms with Gasteiger partial charge in [-0.2, -0.15) is 5.26 Å². The normalized spacial score (nSPS) is 14.8. The van der Waals surface area contributed by atoms with Crippen LogP contribution in [0.5, 0.6) is 0 Å². The molecule has 1 heterocycles. The number of benzene rings is 2. The quantitative estimate of drug-likeness (QED) is 0.504. The Morgan fingerprint density at radius 3 is 2.36 bits per heavy atom. The van der Waals surface area contributed by atoms with Crippen molar-refractivity contribution >= 4 is 22.8 Å². The number of nitrogens with zero attached hydrogens (tertiary/aromatic N) is 2. The smallest absolute Gasteiger partial charge is 0.269 e. The van der Waals surface area contributed by atoms with Crippen LogP contribution >= 0.6 is 0 Å². The van der Waals surface area contributed by atoms with Crippen LogP contribution in [0.4, 0.5) is 5.69 Å². The molecule has 0 amide bonds. The summed E-state index contributed by atoms with van der Waals surface area (Å²) in [5.74, 6) is 0.236. The molecular weight excluding hydrogens is 280 g/mol. The van der Waals surface area contributed by atoms with Crippen molar-refractivity contribution in [3.63, 3.8) is 0 Å². The maximum atomic E-state index is 10.7. The van der Waals surface area contributed by atoms with Crippen molar-refractivity contribution in [1.82, 2.24) is 5.32 Å². The minimum absolute atomic E-state index is 0.0291. The van der Waals surface area contributed by atoms with Crippen LogP contribution in [0, 0.1) is 26.9 Å². The molecule has 1 aliphatic rings. The van der Waals surface area contributed by atoms with E-state index in [0.717, 1.165) is 11.1 Å². The first-order valence-corrected chi connectivity index (χ1v) is 6.46. The molecule has 0 bridgehead atoms. The molecule has 0 aliphatic carbocycles. The van der Waals surface area contributed by atoms with E-state index in [1.54, 1.807) is 0 Å². The second kappa shape index (κ2) is 5.14. The largest absolute Gasteiger partial charge is 0.339 e. The molecule has 6 nitrogen and oxygen atoms in total. The molecule has 0 saturated carbocycles. The third kappa shape index (κ3) is 2.11. The minimum Gasteiger partial charge on any atom is -0.339 e. The number of nitriles is 1. The van der Waals surface area contributed by atoms with Crippen molar-refractivity contribution in [2.45, 2.75) is 0 Å². The summed E-state index contributed by atoms with van der Waals surface area (Å²) in [5, 5.41) is 31.0. The predicted octanol–water partition coefficient (Wildman–Crippen LogP) is 2.92. The third-order valence-corrected chi connectivity index (χ3v) is 3.44. The van der Waals surface area contributed by atoms with E-state index in [1.807, 2.05) is 24.3 Å². The average molecular weight is 290 g/mol. The first kappa shape index (κ1) is 13.5. The van der Waals surface area contributed by atoms with E-state index in [4.69, 9.17) is 5.41 Å². The molecular formula is C16H10N4O2. The van der Waals surface area contributed by atoms with Crippen LogP contribution in [-0.2, 0) is 0 Å². The lowest BCUT2D eigenvalue weighted by Crippen LogP contribution is -2.13. The first-order valence-electron chi connectivity index (χ1n) is 6.46. The van der Waals surface area contributed by atoms with E-state index in [0.29, 0.717) is 16.8 Å². The van der Waals surface area contributed by atoms with E-state index in [9.17, 15) is 15.4 Å². The van der Waals surface area contributed by atoms with Gasteiger partial charge in [0.05, 0.1) is 16.2 Å². The second-order valence-corrected chi connectivity index (χ2v) is 4.71. The topological polar surface area (TPSA) is 103 Å². The number of nitro groups is 1. The number of non-ortho nitro benzene ring substituents is 1. The molecule has 0 radical (unpaired) electrons. The van der Waals surface area contributed by atoms with Crippen LogP contribution in [-0.4, -0.2) is 10.8 Å². The minimum atomic E-state index is -0.484. The maximum absolute atomic E-state index is 10.7. The SMILES string of the molecule is N#C/C(=C1\NC(=N)c2ccccc21)c1ccc([N+](=O)[O-])cc1. The van der Waals surface area contributed by atoms with Crippen LogP contribution in [0.2, 0.25) is 0 Å². The van der Waals surface area contributed by atoms with Gasteiger partial charge >= 0.3 is 0 Å². The van der Waals surface area contributed by atoms with E-state index in [-0.39, 0.29) is 11.5 Å². The van der Waals surface area contributed by atoms with E-state index >= 15 is 0 Å². The Morgan fingerprint density at radius 2 is 1.77 bits per heavy atom. The van der Waals surface area contributed by atoms with Gasteiger partial charge in [-0.3, -0.25) is 15.5 Å². The highest BCUT2D eigenvalue weighted by molar-refractivity contribution is 6.16. The number of rotatable bonds is 2. The molecule has 0 spiro atoms. The average Bonchev–Trinajstić information content (AvgIpc) is 2.86. The Bertz CT molecular complexity index is 860. The second-order valence-electron chi connectivity index (χ2n) is 4.71. The maximum Gasteiger partial charge on any atom is 0.269 e. The zero-order chi connectivity index (χ0) is 15.7. The van der Waals surface area contributed by atoms with Gasteiger partial charge in [0.2, 0.25) is 0 Å². The van der Waals surface area contributed by atoms with Crippen molar-refractivity contribution < 1.29 is 4.92 Å². The summed E-state index contributed by atoms with van der Waals surface area (Å²) in [7, 11) is 0. The van der Waals surface area contributed by atoms with Crippen molar-refractivity contribution in [2.24, 2.45) is 0 Å². The Kier molecular flexibility index (Phi) is 3.16. The van der Waals surface area contributed by atoms with Crippen molar-refractivity contribution in [1.29, 1.82) is 10.7 Å².